The number of benzene rings is 1. The zero-order valence-corrected chi connectivity index (χ0v) is 7.47. The number of aryl methyl sites for hydroxylation is 1. The van der Waals surface area contributed by atoms with E-state index in [1.54, 1.807) is 6.20 Å². The summed E-state index contributed by atoms with van der Waals surface area (Å²) in [5.41, 5.74) is 1.02. The van der Waals surface area contributed by atoms with Gasteiger partial charge in [-0.25, -0.2) is 0 Å². The summed E-state index contributed by atoms with van der Waals surface area (Å²) in [5, 5.41) is 2.92. The van der Waals surface area contributed by atoms with Crippen molar-refractivity contribution in [2.24, 2.45) is 0 Å². The molecule has 60 valence electrons. The van der Waals surface area contributed by atoms with Gasteiger partial charge in [-0.05, 0) is 6.92 Å². The Balaban J connectivity index is 2.95. The van der Waals surface area contributed by atoms with Gasteiger partial charge in [0, 0.05) is 22.7 Å². The largest absolute Gasteiger partial charge is 0.259 e. The van der Waals surface area contributed by atoms with Gasteiger partial charge in [0.25, 0.3) is 0 Å². The van der Waals surface area contributed by atoms with Crippen molar-refractivity contribution in [1.29, 1.82) is 0 Å². The van der Waals surface area contributed by atoms with Gasteiger partial charge in [-0.1, -0.05) is 35.9 Å². The van der Waals surface area contributed by atoms with E-state index in [1.165, 1.54) is 0 Å². The van der Waals surface area contributed by atoms with Gasteiger partial charge in [-0.3, -0.25) is 4.98 Å². The predicted octanol–water partition coefficient (Wildman–Crippen LogP) is 3.20. The molecule has 0 amide bonds. The second-order valence-electron chi connectivity index (χ2n) is 2.74. The molecule has 0 saturated heterocycles. The third kappa shape index (κ3) is 1.07. The number of aromatic nitrogens is 1. The highest BCUT2D eigenvalue weighted by Crippen LogP contribution is 2.23. The minimum Gasteiger partial charge on any atom is -0.259 e. The fourth-order valence-electron chi connectivity index (χ4n) is 1.30. The van der Waals surface area contributed by atoms with Crippen molar-refractivity contribution >= 4 is 22.4 Å². The van der Waals surface area contributed by atoms with E-state index in [0.717, 1.165) is 21.5 Å². The van der Waals surface area contributed by atoms with E-state index in [-0.39, 0.29) is 0 Å². The fraction of sp³-hybridized carbons (Fsp3) is 0.100. The van der Waals surface area contributed by atoms with Crippen LogP contribution in [-0.2, 0) is 0 Å². The molecule has 0 aliphatic rings. The molecule has 1 aromatic carbocycles. The molecule has 0 aliphatic heterocycles. The molecule has 1 aromatic heterocycles. The number of nitrogens with zero attached hydrogens (tertiary/aromatic N) is 1. The summed E-state index contributed by atoms with van der Waals surface area (Å²) in [6.07, 6.45) is 1.69. The summed E-state index contributed by atoms with van der Waals surface area (Å²) in [6, 6.07) is 8.01. The quantitative estimate of drug-likeness (QED) is 0.602. The second kappa shape index (κ2) is 2.76. The highest BCUT2D eigenvalue weighted by Gasteiger charge is 2.00. The van der Waals surface area contributed by atoms with E-state index in [1.807, 2.05) is 31.2 Å². The van der Waals surface area contributed by atoms with Gasteiger partial charge in [0.2, 0.25) is 0 Å². The number of hydrogen-bond acceptors (Lipinski definition) is 1. The van der Waals surface area contributed by atoms with Crippen LogP contribution in [0.25, 0.3) is 10.8 Å². The molecule has 0 N–H and O–H groups in total. The molecular weight excluding hydrogens is 170 g/mol. The van der Waals surface area contributed by atoms with Gasteiger partial charge in [-0.15, -0.1) is 0 Å². The van der Waals surface area contributed by atoms with E-state index < -0.39 is 0 Å². The SMILES string of the molecule is Cc1ncc(Cl)c2ccccc12. The lowest BCUT2D eigenvalue weighted by molar-refractivity contribution is 1.24. The third-order valence-corrected chi connectivity index (χ3v) is 2.25. The maximum Gasteiger partial charge on any atom is 0.0667 e. The molecule has 0 atom stereocenters. The average molecular weight is 178 g/mol. The van der Waals surface area contributed by atoms with Crippen LogP contribution < -0.4 is 0 Å². The lowest BCUT2D eigenvalue weighted by atomic mass is 10.1. The number of halogens is 1. The minimum absolute atomic E-state index is 0.719. The molecule has 0 bridgehead atoms. The zero-order valence-electron chi connectivity index (χ0n) is 6.71. The smallest absolute Gasteiger partial charge is 0.0667 e. The lowest BCUT2D eigenvalue weighted by Crippen LogP contribution is -1.83. The minimum atomic E-state index is 0.719. The van der Waals surface area contributed by atoms with Crippen molar-refractivity contribution in [3.05, 3.63) is 41.2 Å². The topological polar surface area (TPSA) is 12.9 Å². The number of pyridine rings is 1. The first kappa shape index (κ1) is 7.56. The van der Waals surface area contributed by atoms with Gasteiger partial charge in [-0.2, -0.15) is 0 Å². The highest BCUT2D eigenvalue weighted by molar-refractivity contribution is 6.35. The predicted molar refractivity (Wildman–Crippen MR) is 51.5 cm³/mol. The standard InChI is InChI=1S/C10H8ClN/c1-7-8-4-2-3-5-9(8)10(11)6-12-7/h2-6H,1H3. The Labute approximate surface area is 76.0 Å². The Morgan fingerprint density at radius 2 is 1.83 bits per heavy atom. The van der Waals surface area contributed by atoms with Crippen LogP contribution in [0.1, 0.15) is 5.69 Å². The first-order valence-corrected chi connectivity index (χ1v) is 4.16. The van der Waals surface area contributed by atoms with Crippen LogP contribution in [0, 0.1) is 6.92 Å². The van der Waals surface area contributed by atoms with Gasteiger partial charge < -0.3 is 0 Å². The molecule has 2 heteroatoms. The number of fused-ring (bicyclic) bond motifs is 1. The van der Waals surface area contributed by atoms with Crippen LogP contribution in [-0.4, -0.2) is 4.98 Å². The average Bonchev–Trinajstić information content (AvgIpc) is 2.12. The lowest BCUT2D eigenvalue weighted by Gasteiger charge is -2.01. The van der Waals surface area contributed by atoms with Crippen molar-refractivity contribution in [3.63, 3.8) is 0 Å². The number of rotatable bonds is 0. The second-order valence-corrected chi connectivity index (χ2v) is 3.14. The third-order valence-electron chi connectivity index (χ3n) is 1.95. The summed E-state index contributed by atoms with van der Waals surface area (Å²) in [4.78, 5) is 4.17. The maximum atomic E-state index is 5.97. The van der Waals surface area contributed by atoms with Crippen LogP contribution in [0.3, 0.4) is 0 Å². The Kier molecular flexibility index (Phi) is 1.74. The highest BCUT2D eigenvalue weighted by atomic mass is 35.5. The first-order valence-electron chi connectivity index (χ1n) is 3.79. The van der Waals surface area contributed by atoms with Crippen molar-refractivity contribution in [2.75, 3.05) is 0 Å². The monoisotopic (exact) mass is 177 g/mol. The van der Waals surface area contributed by atoms with E-state index in [0.29, 0.717) is 0 Å². The van der Waals surface area contributed by atoms with Gasteiger partial charge in [0.05, 0.1) is 5.02 Å². The Bertz CT molecular complexity index is 383. The van der Waals surface area contributed by atoms with Crippen molar-refractivity contribution < 1.29 is 0 Å². The Hall–Kier alpha value is -1.08. The molecule has 12 heavy (non-hydrogen) atoms. The van der Waals surface area contributed by atoms with Crippen LogP contribution in [0.15, 0.2) is 30.5 Å². The van der Waals surface area contributed by atoms with Crippen LogP contribution >= 0.6 is 11.6 Å². The fourth-order valence-corrected chi connectivity index (χ4v) is 1.51. The van der Waals surface area contributed by atoms with Gasteiger partial charge in [0.15, 0.2) is 0 Å². The normalized spacial score (nSPS) is 10.5. The molecule has 2 rings (SSSR count). The first-order chi connectivity index (χ1) is 5.79. The summed E-state index contributed by atoms with van der Waals surface area (Å²) >= 11 is 5.97. The molecule has 0 spiro atoms. The summed E-state index contributed by atoms with van der Waals surface area (Å²) in [7, 11) is 0. The maximum absolute atomic E-state index is 5.97. The van der Waals surface area contributed by atoms with E-state index in [4.69, 9.17) is 11.6 Å². The molecule has 0 fully saturated rings. The number of hydrogen-bond donors (Lipinski definition) is 0. The molecule has 1 nitrogen and oxygen atoms in total. The van der Waals surface area contributed by atoms with Crippen LogP contribution in [0.5, 0.6) is 0 Å². The Morgan fingerprint density at radius 3 is 2.50 bits per heavy atom. The van der Waals surface area contributed by atoms with Gasteiger partial charge in [0.1, 0.15) is 0 Å². The molecule has 1 heterocycles. The molecule has 2 aromatic rings. The molecule has 0 saturated carbocycles. The van der Waals surface area contributed by atoms with E-state index >= 15 is 0 Å². The zero-order chi connectivity index (χ0) is 8.55. The summed E-state index contributed by atoms with van der Waals surface area (Å²) in [5.74, 6) is 0. The van der Waals surface area contributed by atoms with Gasteiger partial charge >= 0.3 is 0 Å². The summed E-state index contributed by atoms with van der Waals surface area (Å²) < 4.78 is 0. The molecule has 0 aliphatic carbocycles. The van der Waals surface area contributed by atoms with Crippen molar-refractivity contribution in [3.8, 4) is 0 Å². The summed E-state index contributed by atoms with van der Waals surface area (Å²) in [6.45, 7) is 1.98. The Morgan fingerprint density at radius 1 is 1.17 bits per heavy atom. The molecular formula is C10H8ClN. The van der Waals surface area contributed by atoms with E-state index in [2.05, 4.69) is 4.98 Å². The van der Waals surface area contributed by atoms with E-state index in [9.17, 15) is 0 Å². The van der Waals surface area contributed by atoms with Crippen molar-refractivity contribution in [1.82, 2.24) is 4.98 Å². The molecule has 0 radical (unpaired) electrons. The van der Waals surface area contributed by atoms with Crippen LogP contribution in [0.4, 0.5) is 0 Å². The molecule has 0 unspecified atom stereocenters. The van der Waals surface area contributed by atoms with Crippen molar-refractivity contribution in [2.45, 2.75) is 6.92 Å². The van der Waals surface area contributed by atoms with Crippen LogP contribution in [0.2, 0.25) is 5.02 Å².